The molecule has 0 spiro atoms. The second-order valence-corrected chi connectivity index (χ2v) is 3.65. The Kier molecular flexibility index (Phi) is 2.78. The van der Waals surface area contributed by atoms with E-state index in [1.807, 2.05) is 0 Å². The Hall–Kier alpha value is -2.36. The van der Waals surface area contributed by atoms with Crippen LogP contribution < -0.4 is 5.43 Å². The quantitative estimate of drug-likeness (QED) is 0.790. The Balaban J connectivity index is 2.88. The third kappa shape index (κ3) is 1.85. The maximum Gasteiger partial charge on any atom is 0.352 e. The summed E-state index contributed by atoms with van der Waals surface area (Å²) in [6.07, 6.45) is 1.76. The molecule has 17 heavy (non-hydrogen) atoms. The number of fused-ring (bicyclic) bond motifs is 1. The number of hydrogen-bond acceptors (Lipinski definition) is 2. The molecule has 0 atom stereocenters. The van der Waals surface area contributed by atoms with Crippen LogP contribution in [-0.2, 0) is 6.42 Å². The van der Waals surface area contributed by atoms with Crippen LogP contribution in [0.15, 0.2) is 41.7 Å². The lowest BCUT2D eigenvalue weighted by atomic mass is 10.1. The Morgan fingerprint density at radius 3 is 2.76 bits per heavy atom. The number of carboxylic acid groups (broad SMARTS) is 1. The van der Waals surface area contributed by atoms with Crippen LogP contribution in [0.1, 0.15) is 16.1 Å². The standard InChI is InChI=1S/C13H11NO3/c1-2-5-9-11(13(16)17)14-10-7-4-3-6-8(10)12(9)15/h2-4,6-7H,1,5H2,(H,14,15)(H,16,17). The van der Waals surface area contributed by atoms with Gasteiger partial charge in [0.2, 0.25) is 0 Å². The van der Waals surface area contributed by atoms with Crippen molar-refractivity contribution in [1.82, 2.24) is 4.98 Å². The summed E-state index contributed by atoms with van der Waals surface area (Å²) >= 11 is 0. The summed E-state index contributed by atoms with van der Waals surface area (Å²) in [5.74, 6) is -1.13. The molecule has 1 aromatic carbocycles. The molecular formula is C13H11NO3. The zero-order chi connectivity index (χ0) is 12.4. The van der Waals surface area contributed by atoms with E-state index in [-0.39, 0.29) is 23.1 Å². The van der Waals surface area contributed by atoms with Crippen molar-refractivity contribution < 1.29 is 9.90 Å². The largest absolute Gasteiger partial charge is 0.477 e. The lowest BCUT2D eigenvalue weighted by Gasteiger charge is -2.06. The maximum atomic E-state index is 12.1. The van der Waals surface area contributed by atoms with Gasteiger partial charge in [-0.05, 0) is 18.6 Å². The summed E-state index contributed by atoms with van der Waals surface area (Å²) < 4.78 is 0. The normalized spacial score (nSPS) is 10.4. The molecule has 0 aliphatic heterocycles. The molecule has 0 radical (unpaired) electrons. The van der Waals surface area contributed by atoms with Gasteiger partial charge < -0.3 is 10.1 Å². The van der Waals surface area contributed by atoms with E-state index < -0.39 is 5.97 Å². The number of carboxylic acids is 1. The third-order valence-corrected chi connectivity index (χ3v) is 2.57. The van der Waals surface area contributed by atoms with Crippen LogP contribution in [0, 0.1) is 0 Å². The van der Waals surface area contributed by atoms with Gasteiger partial charge in [0.15, 0.2) is 5.43 Å². The Labute approximate surface area is 97.2 Å². The molecule has 0 amide bonds. The van der Waals surface area contributed by atoms with Gasteiger partial charge >= 0.3 is 5.97 Å². The smallest absolute Gasteiger partial charge is 0.352 e. The summed E-state index contributed by atoms with van der Waals surface area (Å²) in [6.45, 7) is 3.53. The lowest BCUT2D eigenvalue weighted by molar-refractivity contribution is 0.0689. The van der Waals surface area contributed by atoms with E-state index in [2.05, 4.69) is 11.6 Å². The summed E-state index contributed by atoms with van der Waals surface area (Å²) in [5.41, 5.74) is 0.458. The zero-order valence-corrected chi connectivity index (χ0v) is 9.06. The van der Waals surface area contributed by atoms with Crippen molar-refractivity contribution in [1.29, 1.82) is 0 Å². The van der Waals surface area contributed by atoms with Crippen LogP contribution in [0.4, 0.5) is 0 Å². The molecule has 0 saturated heterocycles. The summed E-state index contributed by atoms with van der Waals surface area (Å²) in [6, 6.07) is 6.85. The predicted octanol–water partition coefficient (Wildman–Crippen LogP) is 1.95. The molecule has 4 heteroatoms. The first kappa shape index (κ1) is 11.1. The van der Waals surface area contributed by atoms with Crippen LogP contribution in [0.2, 0.25) is 0 Å². The van der Waals surface area contributed by atoms with Crippen molar-refractivity contribution >= 4 is 16.9 Å². The van der Waals surface area contributed by atoms with Crippen LogP contribution >= 0.6 is 0 Å². The second kappa shape index (κ2) is 4.25. The molecule has 2 rings (SSSR count). The van der Waals surface area contributed by atoms with Crippen molar-refractivity contribution in [3.8, 4) is 0 Å². The molecule has 0 saturated carbocycles. The first-order valence-electron chi connectivity index (χ1n) is 5.13. The van der Waals surface area contributed by atoms with Crippen molar-refractivity contribution in [2.75, 3.05) is 0 Å². The monoisotopic (exact) mass is 229 g/mol. The van der Waals surface area contributed by atoms with E-state index in [0.717, 1.165) is 0 Å². The zero-order valence-electron chi connectivity index (χ0n) is 9.06. The molecule has 1 aromatic heterocycles. The van der Waals surface area contributed by atoms with Gasteiger partial charge in [0.1, 0.15) is 5.69 Å². The Bertz CT molecular complexity index is 655. The molecule has 4 nitrogen and oxygen atoms in total. The third-order valence-electron chi connectivity index (χ3n) is 2.57. The van der Waals surface area contributed by atoms with Crippen LogP contribution in [0.3, 0.4) is 0 Å². The molecule has 0 aliphatic rings. The van der Waals surface area contributed by atoms with Gasteiger partial charge in [-0.15, -0.1) is 6.58 Å². The highest BCUT2D eigenvalue weighted by molar-refractivity contribution is 5.91. The molecular weight excluding hydrogens is 218 g/mol. The van der Waals surface area contributed by atoms with Crippen molar-refractivity contribution in [2.45, 2.75) is 6.42 Å². The highest BCUT2D eigenvalue weighted by Gasteiger charge is 2.15. The number of allylic oxidation sites excluding steroid dienone is 1. The molecule has 0 unspecified atom stereocenters. The van der Waals surface area contributed by atoms with E-state index in [1.54, 1.807) is 24.3 Å². The Morgan fingerprint density at radius 1 is 1.41 bits per heavy atom. The maximum absolute atomic E-state index is 12.1. The lowest BCUT2D eigenvalue weighted by Crippen LogP contribution is -2.17. The minimum atomic E-state index is -1.13. The number of pyridine rings is 1. The van der Waals surface area contributed by atoms with Crippen molar-refractivity contribution in [2.24, 2.45) is 0 Å². The van der Waals surface area contributed by atoms with Gasteiger partial charge in [0, 0.05) is 16.5 Å². The van der Waals surface area contributed by atoms with E-state index in [1.165, 1.54) is 6.08 Å². The summed E-state index contributed by atoms with van der Waals surface area (Å²) in [7, 11) is 0. The van der Waals surface area contributed by atoms with Gasteiger partial charge in [0.25, 0.3) is 0 Å². The van der Waals surface area contributed by atoms with Crippen LogP contribution in [0.25, 0.3) is 10.9 Å². The Morgan fingerprint density at radius 2 is 2.12 bits per heavy atom. The van der Waals surface area contributed by atoms with Crippen molar-refractivity contribution in [3.05, 3.63) is 58.4 Å². The molecule has 2 aromatic rings. The molecule has 2 N–H and O–H groups in total. The topological polar surface area (TPSA) is 70.2 Å². The van der Waals surface area contributed by atoms with Gasteiger partial charge in [-0.3, -0.25) is 4.79 Å². The number of nitrogens with one attached hydrogen (secondary N) is 1. The fourth-order valence-electron chi connectivity index (χ4n) is 1.80. The fourth-order valence-corrected chi connectivity index (χ4v) is 1.80. The predicted molar refractivity (Wildman–Crippen MR) is 65.4 cm³/mol. The van der Waals surface area contributed by atoms with Gasteiger partial charge in [-0.25, -0.2) is 4.79 Å². The highest BCUT2D eigenvalue weighted by atomic mass is 16.4. The number of para-hydroxylation sites is 1. The summed E-state index contributed by atoms with van der Waals surface area (Å²) in [5, 5.41) is 9.57. The molecule has 0 fully saturated rings. The average molecular weight is 229 g/mol. The van der Waals surface area contributed by atoms with Crippen LogP contribution in [-0.4, -0.2) is 16.1 Å². The molecule has 86 valence electrons. The van der Waals surface area contributed by atoms with Crippen molar-refractivity contribution in [3.63, 3.8) is 0 Å². The minimum absolute atomic E-state index is 0.0615. The minimum Gasteiger partial charge on any atom is -0.477 e. The highest BCUT2D eigenvalue weighted by Crippen LogP contribution is 2.12. The molecule has 1 heterocycles. The van der Waals surface area contributed by atoms with Gasteiger partial charge in [-0.1, -0.05) is 18.2 Å². The number of rotatable bonds is 3. The van der Waals surface area contributed by atoms with E-state index in [0.29, 0.717) is 10.9 Å². The van der Waals surface area contributed by atoms with E-state index in [4.69, 9.17) is 5.11 Å². The molecule has 0 aliphatic carbocycles. The number of hydrogen-bond donors (Lipinski definition) is 2. The number of aromatic nitrogens is 1. The first-order valence-corrected chi connectivity index (χ1v) is 5.13. The van der Waals surface area contributed by atoms with E-state index >= 15 is 0 Å². The number of H-pyrrole nitrogens is 1. The summed E-state index contributed by atoms with van der Waals surface area (Å²) in [4.78, 5) is 26.0. The van der Waals surface area contributed by atoms with E-state index in [9.17, 15) is 9.59 Å². The number of aromatic amines is 1. The van der Waals surface area contributed by atoms with Crippen LogP contribution in [0.5, 0.6) is 0 Å². The fraction of sp³-hybridized carbons (Fsp3) is 0.0769. The number of carbonyl (C=O) groups is 1. The van der Waals surface area contributed by atoms with Gasteiger partial charge in [-0.2, -0.15) is 0 Å². The first-order chi connectivity index (χ1) is 8.15. The van der Waals surface area contributed by atoms with Gasteiger partial charge in [0.05, 0.1) is 0 Å². The molecule has 0 bridgehead atoms. The average Bonchev–Trinajstić information content (AvgIpc) is 2.32. The number of benzene rings is 1. The number of aromatic carboxylic acids is 1. The second-order valence-electron chi connectivity index (χ2n) is 3.65. The SMILES string of the molecule is C=CCc1c(C(=O)O)[nH]c2ccccc2c1=O.